The number of nitrogens with one attached hydrogen (secondary N) is 1. The first kappa shape index (κ1) is 18.5. The number of aromatic nitrogens is 2. The van der Waals surface area contributed by atoms with Crippen LogP contribution in [0.1, 0.15) is 24.8 Å². The van der Waals surface area contributed by atoms with Gasteiger partial charge in [0.2, 0.25) is 0 Å². The van der Waals surface area contributed by atoms with Crippen LogP contribution in [0.25, 0.3) is 22.0 Å². The lowest BCUT2D eigenvalue weighted by atomic mass is 10.0. The van der Waals surface area contributed by atoms with Crippen LogP contribution < -0.4 is 5.32 Å². The molecular formula is C20H18F3N3O2. The number of rotatable bonds is 3. The third-order valence-electron chi connectivity index (χ3n) is 5.07. The van der Waals surface area contributed by atoms with Crippen molar-refractivity contribution < 1.29 is 23.4 Å². The van der Waals surface area contributed by atoms with Gasteiger partial charge >= 0.3 is 6.18 Å². The molecule has 1 aromatic heterocycles. The summed E-state index contributed by atoms with van der Waals surface area (Å²) in [4.78, 5) is 0. The van der Waals surface area contributed by atoms with E-state index >= 15 is 0 Å². The smallest absolute Gasteiger partial charge is 0.416 e. The van der Waals surface area contributed by atoms with Crippen molar-refractivity contribution in [3.63, 3.8) is 0 Å². The summed E-state index contributed by atoms with van der Waals surface area (Å²) >= 11 is 0. The summed E-state index contributed by atoms with van der Waals surface area (Å²) in [6.07, 6.45) is -2.54. The van der Waals surface area contributed by atoms with Crippen LogP contribution in [-0.2, 0) is 6.18 Å². The second kappa shape index (κ2) is 6.94. The summed E-state index contributed by atoms with van der Waals surface area (Å²) < 4.78 is 38.6. The molecule has 0 bridgehead atoms. The Labute approximate surface area is 158 Å². The summed E-state index contributed by atoms with van der Waals surface area (Å²) in [5, 5.41) is 33.2. The molecule has 28 heavy (non-hydrogen) atoms. The van der Waals surface area contributed by atoms with Crippen LogP contribution in [0.2, 0.25) is 0 Å². The minimum atomic E-state index is -4.54. The number of nitrogens with zero attached hydrogens (tertiary/aromatic N) is 2. The molecule has 4 rings (SSSR count). The first-order valence-electron chi connectivity index (χ1n) is 8.95. The zero-order chi connectivity index (χ0) is 19.9. The third kappa shape index (κ3) is 3.35. The van der Waals surface area contributed by atoms with Crippen LogP contribution in [0.4, 0.5) is 19.0 Å². The number of aliphatic hydroxyl groups excluding tert-OH is 1. The van der Waals surface area contributed by atoms with Crippen LogP contribution >= 0.6 is 0 Å². The number of hydrogen-bond donors (Lipinski definition) is 3. The van der Waals surface area contributed by atoms with Crippen molar-refractivity contribution in [2.75, 3.05) is 5.32 Å². The highest BCUT2D eigenvalue weighted by Crippen LogP contribution is 2.39. The molecule has 1 heterocycles. The molecule has 0 amide bonds. The predicted octanol–water partition coefficient (Wildman–Crippen LogP) is 4.35. The number of hydrogen-bond acceptors (Lipinski definition) is 5. The SMILES string of the molecule is Oc1cc(C(F)(F)F)ccc1-c1nnc(N[C@@H]2CCC[C@@H]2O)c2ccccc12. The maximum Gasteiger partial charge on any atom is 0.416 e. The molecule has 5 nitrogen and oxygen atoms in total. The van der Waals surface area contributed by atoms with E-state index in [2.05, 4.69) is 15.5 Å². The fraction of sp³-hybridized carbons (Fsp3) is 0.300. The number of anilines is 1. The zero-order valence-corrected chi connectivity index (χ0v) is 14.7. The molecule has 1 saturated carbocycles. The summed E-state index contributed by atoms with van der Waals surface area (Å²) in [6, 6.07) is 9.86. The third-order valence-corrected chi connectivity index (χ3v) is 5.07. The summed E-state index contributed by atoms with van der Waals surface area (Å²) in [5.74, 6) is -0.0158. The zero-order valence-electron chi connectivity index (χ0n) is 14.7. The molecule has 0 radical (unpaired) electrons. The molecule has 8 heteroatoms. The molecule has 146 valence electrons. The lowest BCUT2D eigenvalue weighted by Crippen LogP contribution is -2.28. The first-order valence-corrected chi connectivity index (χ1v) is 8.95. The number of phenols is 1. The Balaban J connectivity index is 1.78. The normalized spacial score (nSPS) is 19.9. The van der Waals surface area contributed by atoms with Gasteiger partial charge in [-0.15, -0.1) is 10.2 Å². The van der Waals surface area contributed by atoms with Crippen molar-refractivity contribution in [3.8, 4) is 17.0 Å². The maximum atomic E-state index is 12.9. The molecule has 1 aliphatic rings. The minimum Gasteiger partial charge on any atom is -0.507 e. The average Bonchev–Trinajstić information content (AvgIpc) is 3.06. The van der Waals surface area contributed by atoms with Gasteiger partial charge < -0.3 is 15.5 Å². The number of benzene rings is 2. The standard InChI is InChI=1S/C20H18F3N3O2/c21-20(22,23)11-8-9-14(17(28)10-11)18-12-4-1-2-5-13(12)19(26-25-18)24-15-6-3-7-16(15)27/h1-2,4-5,8-10,15-16,27-28H,3,6-7H2,(H,24,26)/t15-,16+/m1/s1. The van der Waals surface area contributed by atoms with Crippen molar-refractivity contribution >= 4 is 16.6 Å². The van der Waals surface area contributed by atoms with Crippen LogP contribution in [0.3, 0.4) is 0 Å². The molecule has 0 aliphatic heterocycles. The van der Waals surface area contributed by atoms with Crippen LogP contribution in [0.5, 0.6) is 5.75 Å². The van der Waals surface area contributed by atoms with Gasteiger partial charge in [-0.1, -0.05) is 24.3 Å². The Kier molecular flexibility index (Phi) is 4.58. The Bertz CT molecular complexity index is 1020. The van der Waals surface area contributed by atoms with E-state index in [9.17, 15) is 23.4 Å². The molecule has 1 aliphatic carbocycles. The first-order chi connectivity index (χ1) is 13.3. The minimum absolute atomic E-state index is 0.122. The number of phenolic OH excluding ortho intramolecular Hbond substituents is 1. The number of aromatic hydroxyl groups is 1. The van der Waals surface area contributed by atoms with Gasteiger partial charge in [0.1, 0.15) is 11.4 Å². The summed E-state index contributed by atoms with van der Waals surface area (Å²) in [7, 11) is 0. The van der Waals surface area contributed by atoms with Crippen molar-refractivity contribution in [2.45, 2.75) is 37.6 Å². The molecule has 0 saturated heterocycles. The molecule has 3 aromatic rings. The lowest BCUT2D eigenvalue weighted by molar-refractivity contribution is -0.137. The van der Waals surface area contributed by atoms with Gasteiger partial charge in [-0.25, -0.2) is 0 Å². The highest BCUT2D eigenvalue weighted by atomic mass is 19.4. The topological polar surface area (TPSA) is 78.3 Å². The number of alkyl halides is 3. The van der Waals surface area contributed by atoms with Gasteiger partial charge in [-0.05, 0) is 37.5 Å². The second-order valence-corrected chi connectivity index (χ2v) is 6.92. The van der Waals surface area contributed by atoms with Gasteiger partial charge in [0.25, 0.3) is 0 Å². The molecule has 1 fully saturated rings. The van der Waals surface area contributed by atoms with E-state index in [1.54, 1.807) is 12.1 Å². The Morgan fingerprint density at radius 1 is 1.00 bits per heavy atom. The quantitative estimate of drug-likeness (QED) is 0.621. The Morgan fingerprint density at radius 2 is 1.75 bits per heavy atom. The molecule has 2 aromatic carbocycles. The highest BCUT2D eigenvalue weighted by molar-refractivity contribution is 6.00. The molecule has 0 unspecified atom stereocenters. The summed E-state index contributed by atoms with van der Waals surface area (Å²) in [6.45, 7) is 0. The van der Waals surface area contributed by atoms with E-state index in [1.807, 2.05) is 12.1 Å². The fourth-order valence-corrected chi connectivity index (χ4v) is 3.60. The van der Waals surface area contributed by atoms with E-state index in [0.717, 1.165) is 25.3 Å². The van der Waals surface area contributed by atoms with Crippen molar-refractivity contribution in [1.29, 1.82) is 0 Å². The maximum absolute atomic E-state index is 12.9. The van der Waals surface area contributed by atoms with Gasteiger partial charge in [0, 0.05) is 16.3 Å². The van der Waals surface area contributed by atoms with Gasteiger partial charge in [0.15, 0.2) is 5.82 Å². The van der Waals surface area contributed by atoms with E-state index in [4.69, 9.17) is 0 Å². The van der Waals surface area contributed by atoms with E-state index < -0.39 is 23.6 Å². The van der Waals surface area contributed by atoms with E-state index in [-0.39, 0.29) is 11.6 Å². The molecule has 3 N–H and O–H groups in total. The van der Waals surface area contributed by atoms with Gasteiger partial charge in [-0.3, -0.25) is 0 Å². The monoisotopic (exact) mass is 389 g/mol. The van der Waals surface area contributed by atoms with E-state index in [1.165, 1.54) is 6.07 Å². The Hall–Kier alpha value is -2.87. The Morgan fingerprint density at radius 3 is 2.39 bits per heavy atom. The van der Waals surface area contributed by atoms with Crippen molar-refractivity contribution in [3.05, 3.63) is 48.0 Å². The second-order valence-electron chi connectivity index (χ2n) is 6.92. The van der Waals surface area contributed by atoms with Crippen LogP contribution in [-0.4, -0.2) is 32.6 Å². The molecular weight excluding hydrogens is 371 g/mol. The van der Waals surface area contributed by atoms with E-state index in [0.29, 0.717) is 28.4 Å². The fourth-order valence-electron chi connectivity index (χ4n) is 3.60. The summed E-state index contributed by atoms with van der Waals surface area (Å²) in [5.41, 5.74) is -0.469. The van der Waals surface area contributed by atoms with Crippen LogP contribution in [0, 0.1) is 0 Å². The van der Waals surface area contributed by atoms with Gasteiger partial charge in [-0.2, -0.15) is 13.2 Å². The van der Waals surface area contributed by atoms with Gasteiger partial charge in [0.05, 0.1) is 17.7 Å². The lowest BCUT2D eigenvalue weighted by Gasteiger charge is -2.19. The number of fused-ring (bicyclic) bond motifs is 1. The number of aliphatic hydroxyl groups is 1. The molecule has 0 spiro atoms. The molecule has 2 atom stereocenters. The average molecular weight is 389 g/mol. The predicted molar refractivity (Wildman–Crippen MR) is 98.9 cm³/mol. The van der Waals surface area contributed by atoms with Crippen molar-refractivity contribution in [1.82, 2.24) is 10.2 Å². The highest BCUT2D eigenvalue weighted by Gasteiger charge is 2.31. The number of halogens is 3. The van der Waals surface area contributed by atoms with Crippen molar-refractivity contribution in [2.24, 2.45) is 0 Å². The van der Waals surface area contributed by atoms with Crippen LogP contribution in [0.15, 0.2) is 42.5 Å². The largest absolute Gasteiger partial charge is 0.507 e.